The Hall–Kier alpha value is -0.380. The predicted molar refractivity (Wildman–Crippen MR) is 118 cm³/mol. The molecule has 0 atom stereocenters. The fourth-order valence-corrected chi connectivity index (χ4v) is 3.60. The van der Waals surface area contributed by atoms with E-state index >= 15 is 0 Å². The zero-order valence-electron chi connectivity index (χ0n) is 15.7. The monoisotopic (exact) mass is 480 g/mol. The number of guanidine groups is 1. The summed E-state index contributed by atoms with van der Waals surface area (Å²) in [6, 6.07) is 2.26. The molecule has 0 saturated heterocycles. The van der Waals surface area contributed by atoms with Crippen LogP contribution in [0.2, 0.25) is 0 Å². The molecule has 0 spiro atoms. The van der Waals surface area contributed by atoms with E-state index in [1.807, 2.05) is 18.4 Å². The summed E-state index contributed by atoms with van der Waals surface area (Å²) in [5.74, 6) is 1.56. The average Bonchev–Trinajstić information content (AvgIpc) is 3.03. The Bertz CT molecular complexity index is 507. The van der Waals surface area contributed by atoms with Crippen LogP contribution in [0, 0.1) is 5.92 Å². The van der Waals surface area contributed by atoms with Crippen molar-refractivity contribution in [3.63, 3.8) is 0 Å². The van der Waals surface area contributed by atoms with Gasteiger partial charge in [0.25, 0.3) is 0 Å². The lowest BCUT2D eigenvalue weighted by Gasteiger charge is -2.27. The summed E-state index contributed by atoms with van der Waals surface area (Å²) in [6.45, 7) is 11.0. The van der Waals surface area contributed by atoms with Crippen molar-refractivity contribution in [1.82, 2.24) is 15.5 Å². The first kappa shape index (κ1) is 22.7. The first-order chi connectivity index (χ1) is 11.7. The second-order valence-corrected chi connectivity index (χ2v) is 7.62. The standard InChI is InChI=1S/C18H32N4OS.HI/c1-15(2)5-11-23-12-8-21-18(19-3)20-7-10-22-9-4-17-16(14-22)6-13-24-17;/h6,13,15H,4-5,7-12,14H2,1-3H3,(H2,19,20,21);1H. The summed E-state index contributed by atoms with van der Waals surface area (Å²) >= 11 is 1.89. The second kappa shape index (κ2) is 12.9. The summed E-state index contributed by atoms with van der Waals surface area (Å²) < 4.78 is 5.61. The van der Waals surface area contributed by atoms with E-state index in [0.717, 1.165) is 58.3 Å². The maximum absolute atomic E-state index is 5.61. The summed E-state index contributed by atoms with van der Waals surface area (Å²) in [5.41, 5.74) is 1.51. The van der Waals surface area contributed by atoms with Crippen molar-refractivity contribution in [2.75, 3.05) is 46.4 Å². The third kappa shape index (κ3) is 8.70. The van der Waals surface area contributed by atoms with Crippen molar-refractivity contribution in [3.8, 4) is 0 Å². The highest BCUT2D eigenvalue weighted by atomic mass is 127. The highest BCUT2D eigenvalue weighted by Crippen LogP contribution is 2.23. The van der Waals surface area contributed by atoms with Gasteiger partial charge in [0.05, 0.1) is 6.61 Å². The fourth-order valence-electron chi connectivity index (χ4n) is 2.71. The number of nitrogens with zero attached hydrogens (tertiary/aromatic N) is 2. The Kier molecular flexibility index (Phi) is 11.7. The molecule has 2 N–H and O–H groups in total. The fraction of sp³-hybridized carbons (Fsp3) is 0.722. The summed E-state index contributed by atoms with van der Waals surface area (Å²) in [5, 5.41) is 8.90. The van der Waals surface area contributed by atoms with Crippen LogP contribution < -0.4 is 10.6 Å². The van der Waals surface area contributed by atoms with E-state index in [9.17, 15) is 0 Å². The molecule has 7 heteroatoms. The minimum atomic E-state index is 0. The molecular formula is C18H33IN4OS. The number of halogens is 1. The number of nitrogens with one attached hydrogen (secondary N) is 2. The van der Waals surface area contributed by atoms with Crippen LogP contribution in [-0.4, -0.2) is 57.3 Å². The van der Waals surface area contributed by atoms with Gasteiger partial charge in [-0.25, -0.2) is 0 Å². The molecule has 0 fully saturated rings. The van der Waals surface area contributed by atoms with E-state index in [2.05, 4.69) is 45.8 Å². The lowest BCUT2D eigenvalue weighted by atomic mass is 10.1. The molecule has 0 amide bonds. The van der Waals surface area contributed by atoms with Crippen LogP contribution in [0.4, 0.5) is 0 Å². The molecular weight excluding hydrogens is 447 g/mol. The molecule has 1 aliphatic rings. The van der Waals surface area contributed by atoms with Gasteiger partial charge in [0, 0.05) is 51.3 Å². The number of hydrogen-bond donors (Lipinski definition) is 2. The van der Waals surface area contributed by atoms with Crippen molar-refractivity contribution in [2.45, 2.75) is 33.2 Å². The lowest BCUT2D eigenvalue weighted by Crippen LogP contribution is -2.43. The third-order valence-electron chi connectivity index (χ3n) is 4.21. The highest BCUT2D eigenvalue weighted by molar-refractivity contribution is 14.0. The van der Waals surface area contributed by atoms with Crippen molar-refractivity contribution in [3.05, 3.63) is 21.9 Å². The van der Waals surface area contributed by atoms with Gasteiger partial charge in [-0.1, -0.05) is 13.8 Å². The van der Waals surface area contributed by atoms with Crippen LogP contribution in [0.1, 0.15) is 30.7 Å². The number of fused-ring (bicyclic) bond motifs is 1. The van der Waals surface area contributed by atoms with Crippen LogP contribution in [0.5, 0.6) is 0 Å². The molecule has 0 unspecified atom stereocenters. The Balaban J connectivity index is 0.00000312. The first-order valence-corrected chi connectivity index (χ1v) is 9.87. The number of rotatable bonds is 9. The second-order valence-electron chi connectivity index (χ2n) is 6.62. The SMILES string of the molecule is CN=C(NCCOCCC(C)C)NCCN1CCc2sccc2C1.I. The third-order valence-corrected chi connectivity index (χ3v) is 5.23. The predicted octanol–water partition coefficient (Wildman–Crippen LogP) is 2.95. The van der Waals surface area contributed by atoms with Gasteiger partial charge in [-0.15, -0.1) is 35.3 Å². The summed E-state index contributed by atoms with van der Waals surface area (Å²) in [7, 11) is 1.81. The minimum Gasteiger partial charge on any atom is -0.380 e. The van der Waals surface area contributed by atoms with Crippen molar-refractivity contribution in [1.29, 1.82) is 0 Å². The molecule has 0 aliphatic carbocycles. The lowest BCUT2D eigenvalue weighted by molar-refractivity contribution is 0.128. The molecule has 1 aliphatic heterocycles. The van der Waals surface area contributed by atoms with Gasteiger partial charge in [-0.2, -0.15) is 0 Å². The normalized spacial score (nSPS) is 15.0. The molecule has 0 saturated carbocycles. The van der Waals surface area contributed by atoms with Gasteiger partial charge >= 0.3 is 0 Å². The van der Waals surface area contributed by atoms with Crippen molar-refractivity contribution < 1.29 is 4.74 Å². The van der Waals surface area contributed by atoms with E-state index in [0.29, 0.717) is 5.92 Å². The Morgan fingerprint density at radius 2 is 2.12 bits per heavy atom. The number of thiophene rings is 1. The number of aliphatic imine (C=N–C) groups is 1. The highest BCUT2D eigenvalue weighted by Gasteiger charge is 2.16. The Morgan fingerprint density at radius 3 is 2.88 bits per heavy atom. The summed E-state index contributed by atoms with van der Waals surface area (Å²) in [6.07, 6.45) is 2.31. The molecule has 2 rings (SSSR count). The first-order valence-electron chi connectivity index (χ1n) is 8.99. The minimum absolute atomic E-state index is 0. The number of ether oxygens (including phenoxy) is 1. The Morgan fingerprint density at radius 1 is 1.32 bits per heavy atom. The van der Waals surface area contributed by atoms with E-state index in [1.165, 1.54) is 12.0 Å². The van der Waals surface area contributed by atoms with Gasteiger partial charge in [-0.3, -0.25) is 9.89 Å². The molecule has 2 heterocycles. The Labute approximate surface area is 173 Å². The molecule has 1 aromatic rings. The molecule has 0 aromatic carbocycles. The van der Waals surface area contributed by atoms with Gasteiger partial charge in [0.15, 0.2) is 5.96 Å². The van der Waals surface area contributed by atoms with Crippen LogP contribution in [-0.2, 0) is 17.7 Å². The topological polar surface area (TPSA) is 48.9 Å². The summed E-state index contributed by atoms with van der Waals surface area (Å²) in [4.78, 5) is 8.33. The van der Waals surface area contributed by atoms with Crippen LogP contribution >= 0.6 is 35.3 Å². The van der Waals surface area contributed by atoms with Crippen molar-refractivity contribution in [2.24, 2.45) is 10.9 Å². The smallest absolute Gasteiger partial charge is 0.191 e. The zero-order chi connectivity index (χ0) is 17.2. The molecule has 5 nitrogen and oxygen atoms in total. The molecule has 0 radical (unpaired) electrons. The van der Waals surface area contributed by atoms with Crippen LogP contribution in [0.3, 0.4) is 0 Å². The largest absolute Gasteiger partial charge is 0.380 e. The van der Waals surface area contributed by atoms with Crippen molar-refractivity contribution >= 4 is 41.3 Å². The van der Waals surface area contributed by atoms with Gasteiger partial charge in [-0.05, 0) is 35.8 Å². The van der Waals surface area contributed by atoms with Gasteiger partial charge < -0.3 is 15.4 Å². The maximum atomic E-state index is 5.61. The van der Waals surface area contributed by atoms with Crippen LogP contribution in [0.25, 0.3) is 0 Å². The van der Waals surface area contributed by atoms with Gasteiger partial charge in [0.1, 0.15) is 0 Å². The quantitative estimate of drug-likeness (QED) is 0.247. The molecule has 144 valence electrons. The van der Waals surface area contributed by atoms with E-state index in [-0.39, 0.29) is 24.0 Å². The maximum Gasteiger partial charge on any atom is 0.191 e. The molecule has 25 heavy (non-hydrogen) atoms. The zero-order valence-corrected chi connectivity index (χ0v) is 18.9. The van der Waals surface area contributed by atoms with Gasteiger partial charge in [0.2, 0.25) is 0 Å². The van der Waals surface area contributed by atoms with E-state index in [4.69, 9.17) is 4.74 Å². The molecule has 1 aromatic heterocycles. The van der Waals surface area contributed by atoms with E-state index < -0.39 is 0 Å². The number of hydrogen-bond acceptors (Lipinski definition) is 4. The average molecular weight is 480 g/mol. The molecule has 0 bridgehead atoms. The van der Waals surface area contributed by atoms with Crippen LogP contribution in [0.15, 0.2) is 16.4 Å². The van der Waals surface area contributed by atoms with E-state index in [1.54, 1.807) is 4.88 Å².